The van der Waals surface area contributed by atoms with Crippen LogP contribution in [0.3, 0.4) is 0 Å². The topological polar surface area (TPSA) is 20.2 Å². The third-order valence-electron chi connectivity index (χ3n) is 2.73. The molecule has 1 heteroatoms. The Kier molecular flexibility index (Phi) is 3.13. The van der Waals surface area contributed by atoms with E-state index in [4.69, 9.17) is 0 Å². The Hall–Kier alpha value is -0.300. The molecule has 0 aromatic rings. The molecule has 0 radical (unpaired) electrons. The summed E-state index contributed by atoms with van der Waals surface area (Å²) >= 11 is 0. The summed E-state index contributed by atoms with van der Waals surface area (Å²) in [7, 11) is 0. The Morgan fingerprint density at radius 2 is 2.09 bits per heavy atom. The number of aliphatic hydroxyl groups is 1. The molecular formula is C10H18O. The minimum Gasteiger partial charge on any atom is -0.393 e. The van der Waals surface area contributed by atoms with E-state index in [0.29, 0.717) is 5.92 Å². The van der Waals surface area contributed by atoms with Gasteiger partial charge in [0.25, 0.3) is 0 Å². The maximum absolute atomic E-state index is 9.63. The highest BCUT2D eigenvalue weighted by Gasteiger charge is 2.20. The Labute approximate surface area is 69.1 Å². The summed E-state index contributed by atoms with van der Waals surface area (Å²) in [4.78, 5) is 0. The van der Waals surface area contributed by atoms with Gasteiger partial charge in [0.15, 0.2) is 0 Å². The van der Waals surface area contributed by atoms with Gasteiger partial charge in [0, 0.05) is 0 Å². The van der Waals surface area contributed by atoms with Gasteiger partial charge in [-0.3, -0.25) is 0 Å². The number of allylic oxidation sites excluding steroid dienone is 1. The van der Waals surface area contributed by atoms with Crippen molar-refractivity contribution in [1.29, 1.82) is 0 Å². The number of hydrogen-bond donors (Lipinski definition) is 1. The molecule has 0 unspecified atom stereocenters. The molecule has 0 aromatic heterocycles. The van der Waals surface area contributed by atoms with Crippen molar-refractivity contribution in [2.45, 2.75) is 45.1 Å². The fraction of sp³-hybridized carbons (Fsp3) is 0.800. The summed E-state index contributed by atoms with van der Waals surface area (Å²) in [6.45, 7) is 6.12. The van der Waals surface area contributed by atoms with Gasteiger partial charge in [-0.15, -0.1) is 0 Å². The van der Waals surface area contributed by atoms with Crippen molar-refractivity contribution in [2.24, 2.45) is 5.92 Å². The molecule has 0 aromatic carbocycles. The molecule has 1 aliphatic carbocycles. The van der Waals surface area contributed by atoms with Crippen LogP contribution in [0.5, 0.6) is 0 Å². The lowest BCUT2D eigenvalue weighted by atomic mass is 9.95. The van der Waals surface area contributed by atoms with Gasteiger partial charge in [-0.1, -0.05) is 25.5 Å². The number of aliphatic hydroxyl groups excluding tert-OH is 1. The zero-order valence-electron chi connectivity index (χ0n) is 7.34. The summed E-state index contributed by atoms with van der Waals surface area (Å²) in [5.74, 6) is 0.522. The lowest BCUT2D eigenvalue weighted by Gasteiger charge is -2.17. The van der Waals surface area contributed by atoms with Crippen LogP contribution >= 0.6 is 0 Å². The van der Waals surface area contributed by atoms with Crippen LogP contribution in [0.4, 0.5) is 0 Å². The second-order valence-electron chi connectivity index (χ2n) is 3.56. The highest BCUT2D eigenvalue weighted by Crippen LogP contribution is 2.27. The van der Waals surface area contributed by atoms with E-state index in [9.17, 15) is 5.11 Å². The summed E-state index contributed by atoms with van der Waals surface area (Å²) in [5.41, 5.74) is 1.32. The first-order valence-electron chi connectivity index (χ1n) is 4.58. The van der Waals surface area contributed by atoms with Crippen molar-refractivity contribution in [3.8, 4) is 0 Å². The van der Waals surface area contributed by atoms with Crippen molar-refractivity contribution in [3.63, 3.8) is 0 Å². The third-order valence-corrected chi connectivity index (χ3v) is 2.73. The van der Waals surface area contributed by atoms with Crippen molar-refractivity contribution < 1.29 is 5.11 Å². The van der Waals surface area contributed by atoms with Crippen molar-refractivity contribution >= 4 is 0 Å². The van der Waals surface area contributed by atoms with E-state index in [1.165, 1.54) is 5.57 Å². The molecule has 0 spiro atoms. The van der Waals surface area contributed by atoms with Gasteiger partial charge in [0.05, 0.1) is 6.10 Å². The largest absolute Gasteiger partial charge is 0.393 e. The summed E-state index contributed by atoms with van der Waals surface area (Å²) in [5, 5.41) is 9.63. The summed E-state index contributed by atoms with van der Waals surface area (Å²) < 4.78 is 0. The lowest BCUT2D eigenvalue weighted by molar-refractivity contribution is 0.0987. The van der Waals surface area contributed by atoms with Gasteiger partial charge < -0.3 is 5.11 Å². The molecule has 0 bridgehead atoms. The average Bonchev–Trinajstić information content (AvgIpc) is 2.15. The Morgan fingerprint density at radius 3 is 2.73 bits per heavy atom. The van der Waals surface area contributed by atoms with Crippen LogP contribution in [0.1, 0.15) is 39.0 Å². The number of rotatable bonds is 1. The third kappa shape index (κ3) is 2.33. The van der Waals surface area contributed by atoms with Crippen molar-refractivity contribution in [1.82, 2.24) is 0 Å². The van der Waals surface area contributed by atoms with Gasteiger partial charge in [-0.05, 0) is 31.6 Å². The standard InChI is InChI=1S/C10H18O/c1-3-9-6-4-8(2)5-7-10(9)11/h9-11H,2-7H2,1H3/t9-,10-/m0/s1. The molecule has 0 saturated heterocycles. The normalized spacial score (nSPS) is 33.5. The average molecular weight is 154 g/mol. The van der Waals surface area contributed by atoms with E-state index in [2.05, 4.69) is 13.5 Å². The minimum absolute atomic E-state index is 0.0701. The van der Waals surface area contributed by atoms with Crippen LogP contribution < -0.4 is 0 Å². The highest BCUT2D eigenvalue weighted by atomic mass is 16.3. The smallest absolute Gasteiger partial charge is 0.0571 e. The van der Waals surface area contributed by atoms with Gasteiger partial charge in [-0.25, -0.2) is 0 Å². The maximum Gasteiger partial charge on any atom is 0.0571 e. The van der Waals surface area contributed by atoms with Crippen LogP contribution in [0.25, 0.3) is 0 Å². The van der Waals surface area contributed by atoms with Crippen molar-refractivity contribution in [3.05, 3.63) is 12.2 Å². The maximum atomic E-state index is 9.63. The molecule has 0 amide bonds. The van der Waals surface area contributed by atoms with E-state index < -0.39 is 0 Å². The molecule has 1 nitrogen and oxygen atoms in total. The van der Waals surface area contributed by atoms with Crippen LogP contribution in [-0.2, 0) is 0 Å². The molecular weight excluding hydrogens is 136 g/mol. The van der Waals surface area contributed by atoms with E-state index in [1.54, 1.807) is 0 Å². The molecule has 1 N–H and O–H groups in total. The molecule has 11 heavy (non-hydrogen) atoms. The molecule has 1 rings (SSSR count). The Balaban J connectivity index is 2.48. The first kappa shape index (κ1) is 8.79. The lowest BCUT2D eigenvalue weighted by Crippen LogP contribution is -2.17. The Bertz CT molecular complexity index is 140. The first-order chi connectivity index (χ1) is 5.24. The molecule has 1 fully saturated rings. The zero-order chi connectivity index (χ0) is 8.27. The molecule has 0 aliphatic heterocycles. The van der Waals surface area contributed by atoms with Gasteiger partial charge in [0.2, 0.25) is 0 Å². The SMILES string of the molecule is C=C1CC[C@H](CC)[C@@H](O)CC1. The molecule has 2 atom stereocenters. The molecule has 1 saturated carbocycles. The van der Waals surface area contributed by atoms with Crippen LogP contribution in [0, 0.1) is 5.92 Å². The van der Waals surface area contributed by atoms with E-state index in [1.807, 2.05) is 0 Å². The predicted octanol–water partition coefficient (Wildman–Crippen LogP) is 2.50. The van der Waals surface area contributed by atoms with E-state index in [-0.39, 0.29) is 6.10 Å². The first-order valence-corrected chi connectivity index (χ1v) is 4.58. The Morgan fingerprint density at radius 1 is 1.45 bits per heavy atom. The minimum atomic E-state index is -0.0701. The van der Waals surface area contributed by atoms with Crippen molar-refractivity contribution in [2.75, 3.05) is 0 Å². The van der Waals surface area contributed by atoms with Crippen LogP contribution in [0.2, 0.25) is 0 Å². The van der Waals surface area contributed by atoms with Crippen LogP contribution in [0.15, 0.2) is 12.2 Å². The van der Waals surface area contributed by atoms with E-state index in [0.717, 1.165) is 32.1 Å². The summed E-state index contributed by atoms with van der Waals surface area (Å²) in [6, 6.07) is 0. The number of hydrogen-bond acceptors (Lipinski definition) is 1. The second kappa shape index (κ2) is 3.91. The molecule has 64 valence electrons. The van der Waals surface area contributed by atoms with E-state index >= 15 is 0 Å². The van der Waals surface area contributed by atoms with Crippen LogP contribution in [-0.4, -0.2) is 11.2 Å². The van der Waals surface area contributed by atoms with Gasteiger partial charge in [0.1, 0.15) is 0 Å². The van der Waals surface area contributed by atoms with Gasteiger partial charge in [-0.2, -0.15) is 0 Å². The van der Waals surface area contributed by atoms with Gasteiger partial charge >= 0.3 is 0 Å². The molecule has 0 heterocycles. The monoisotopic (exact) mass is 154 g/mol. The second-order valence-corrected chi connectivity index (χ2v) is 3.56. The fourth-order valence-corrected chi connectivity index (χ4v) is 1.77. The summed E-state index contributed by atoms with van der Waals surface area (Å²) in [6.07, 6.45) is 5.24. The quantitative estimate of drug-likeness (QED) is 0.454. The molecule has 1 aliphatic rings. The highest BCUT2D eigenvalue weighted by molar-refractivity contribution is 4.97. The zero-order valence-corrected chi connectivity index (χ0v) is 7.34. The fourth-order valence-electron chi connectivity index (χ4n) is 1.77. The predicted molar refractivity (Wildman–Crippen MR) is 47.4 cm³/mol.